The number of anilines is 1. The van der Waals surface area contributed by atoms with Crippen LogP contribution in [0, 0.1) is 11.8 Å². The smallest absolute Gasteiger partial charge is 0.171 e. The summed E-state index contributed by atoms with van der Waals surface area (Å²) in [5.74, 6) is 2.83. The molecule has 1 aromatic heterocycles. The zero-order chi connectivity index (χ0) is 12.5. The van der Waals surface area contributed by atoms with Crippen LogP contribution in [-0.2, 0) is 0 Å². The lowest BCUT2D eigenvalue weighted by molar-refractivity contribution is 0.133. The van der Waals surface area contributed by atoms with Crippen molar-refractivity contribution in [3.05, 3.63) is 18.3 Å². The first-order valence-electron chi connectivity index (χ1n) is 6.80. The predicted molar refractivity (Wildman–Crippen MR) is 69.8 cm³/mol. The standard InChI is InChI=1S/C14H20N2O2/c1-2-18-13-4-3-7-15-14(13)16-8-10-5-6-12(17)11(10)9-16/h3-4,7,10-12,17H,2,5-6,8-9H2,1H3. The number of ether oxygens (including phenoxy) is 1. The lowest BCUT2D eigenvalue weighted by atomic mass is 10.00. The highest BCUT2D eigenvalue weighted by Crippen LogP contribution is 2.41. The molecule has 4 nitrogen and oxygen atoms in total. The van der Waals surface area contributed by atoms with Crippen LogP contribution in [0.3, 0.4) is 0 Å². The maximum Gasteiger partial charge on any atom is 0.171 e. The van der Waals surface area contributed by atoms with Gasteiger partial charge < -0.3 is 14.7 Å². The monoisotopic (exact) mass is 248 g/mol. The number of rotatable bonds is 3. The van der Waals surface area contributed by atoms with Gasteiger partial charge in [0.2, 0.25) is 0 Å². The molecule has 1 aromatic rings. The van der Waals surface area contributed by atoms with Gasteiger partial charge in [0.1, 0.15) is 0 Å². The van der Waals surface area contributed by atoms with Gasteiger partial charge in [-0.2, -0.15) is 0 Å². The Morgan fingerprint density at radius 1 is 1.44 bits per heavy atom. The van der Waals surface area contributed by atoms with Crippen LogP contribution >= 0.6 is 0 Å². The first-order valence-corrected chi connectivity index (χ1v) is 6.80. The molecule has 0 spiro atoms. The molecule has 0 bridgehead atoms. The van der Waals surface area contributed by atoms with Crippen molar-refractivity contribution in [3.8, 4) is 5.75 Å². The summed E-state index contributed by atoms with van der Waals surface area (Å²) < 4.78 is 5.63. The van der Waals surface area contributed by atoms with E-state index in [0.717, 1.165) is 37.5 Å². The van der Waals surface area contributed by atoms with Crippen LogP contribution in [0.25, 0.3) is 0 Å². The fraction of sp³-hybridized carbons (Fsp3) is 0.643. The summed E-state index contributed by atoms with van der Waals surface area (Å²) in [4.78, 5) is 6.72. The van der Waals surface area contributed by atoms with Crippen molar-refractivity contribution in [3.63, 3.8) is 0 Å². The molecular formula is C14H20N2O2. The largest absolute Gasteiger partial charge is 0.490 e. The van der Waals surface area contributed by atoms with Gasteiger partial charge in [0.05, 0.1) is 12.7 Å². The third kappa shape index (κ3) is 1.94. The molecular weight excluding hydrogens is 228 g/mol. The number of hydrogen-bond donors (Lipinski definition) is 1. The van der Waals surface area contributed by atoms with Gasteiger partial charge in [0.15, 0.2) is 11.6 Å². The Bertz CT molecular complexity index is 424. The molecule has 2 heterocycles. The van der Waals surface area contributed by atoms with E-state index in [4.69, 9.17) is 4.74 Å². The highest BCUT2D eigenvalue weighted by molar-refractivity contribution is 5.53. The second-order valence-electron chi connectivity index (χ2n) is 5.23. The quantitative estimate of drug-likeness (QED) is 0.884. The van der Waals surface area contributed by atoms with Crippen molar-refractivity contribution in [2.24, 2.45) is 11.8 Å². The molecule has 0 aromatic carbocycles. The third-order valence-electron chi connectivity index (χ3n) is 4.17. The van der Waals surface area contributed by atoms with Gasteiger partial charge in [-0.15, -0.1) is 0 Å². The van der Waals surface area contributed by atoms with E-state index in [0.29, 0.717) is 18.4 Å². The third-order valence-corrected chi connectivity index (χ3v) is 4.17. The SMILES string of the molecule is CCOc1cccnc1N1CC2CCC(O)C2C1. The van der Waals surface area contributed by atoms with Crippen LogP contribution in [0.1, 0.15) is 19.8 Å². The molecule has 18 heavy (non-hydrogen) atoms. The lowest BCUT2D eigenvalue weighted by Crippen LogP contribution is -2.25. The molecule has 1 saturated heterocycles. The molecule has 1 saturated carbocycles. The molecule has 3 rings (SSSR count). The van der Waals surface area contributed by atoms with Crippen molar-refractivity contribution in [1.82, 2.24) is 4.98 Å². The van der Waals surface area contributed by atoms with Crippen LogP contribution in [0.2, 0.25) is 0 Å². The van der Waals surface area contributed by atoms with Crippen molar-refractivity contribution >= 4 is 5.82 Å². The molecule has 0 radical (unpaired) electrons. The summed E-state index contributed by atoms with van der Waals surface area (Å²) in [6, 6.07) is 3.87. The minimum atomic E-state index is -0.126. The normalized spacial score (nSPS) is 30.6. The minimum absolute atomic E-state index is 0.126. The first kappa shape index (κ1) is 11.8. The number of aliphatic hydroxyl groups is 1. The van der Waals surface area contributed by atoms with Gasteiger partial charge in [-0.05, 0) is 37.8 Å². The number of aliphatic hydroxyl groups excluding tert-OH is 1. The Labute approximate surface area is 108 Å². The van der Waals surface area contributed by atoms with E-state index >= 15 is 0 Å². The van der Waals surface area contributed by atoms with E-state index in [2.05, 4.69) is 9.88 Å². The zero-order valence-electron chi connectivity index (χ0n) is 10.7. The molecule has 2 aliphatic rings. The van der Waals surface area contributed by atoms with Crippen LogP contribution in [0.4, 0.5) is 5.82 Å². The Balaban J connectivity index is 1.80. The predicted octanol–water partition coefficient (Wildman–Crippen LogP) is 1.69. The highest BCUT2D eigenvalue weighted by Gasteiger charge is 2.42. The van der Waals surface area contributed by atoms with Crippen LogP contribution in [-0.4, -0.2) is 35.9 Å². The summed E-state index contributed by atoms with van der Waals surface area (Å²) in [5.41, 5.74) is 0. The van der Waals surface area contributed by atoms with Crippen molar-refractivity contribution < 1.29 is 9.84 Å². The Morgan fingerprint density at radius 2 is 2.33 bits per heavy atom. The number of pyridine rings is 1. The average molecular weight is 248 g/mol. The van der Waals surface area contributed by atoms with E-state index < -0.39 is 0 Å². The summed E-state index contributed by atoms with van der Waals surface area (Å²) >= 11 is 0. The second-order valence-corrected chi connectivity index (χ2v) is 5.23. The van der Waals surface area contributed by atoms with Gasteiger partial charge in [0, 0.05) is 25.2 Å². The molecule has 3 unspecified atom stereocenters. The number of hydrogen-bond acceptors (Lipinski definition) is 4. The minimum Gasteiger partial charge on any atom is -0.490 e. The summed E-state index contributed by atoms with van der Waals surface area (Å²) in [6.07, 6.45) is 3.78. The number of fused-ring (bicyclic) bond motifs is 1. The van der Waals surface area contributed by atoms with E-state index in [-0.39, 0.29) is 6.10 Å². The van der Waals surface area contributed by atoms with Gasteiger partial charge in [-0.25, -0.2) is 4.98 Å². The zero-order valence-corrected chi connectivity index (χ0v) is 10.7. The van der Waals surface area contributed by atoms with Crippen molar-refractivity contribution in [1.29, 1.82) is 0 Å². The van der Waals surface area contributed by atoms with Crippen LogP contribution in [0.5, 0.6) is 5.75 Å². The van der Waals surface area contributed by atoms with Gasteiger partial charge in [0.25, 0.3) is 0 Å². The molecule has 1 aliphatic carbocycles. The van der Waals surface area contributed by atoms with E-state index in [1.165, 1.54) is 0 Å². The lowest BCUT2D eigenvalue weighted by Gasteiger charge is -2.21. The van der Waals surface area contributed by atoms with Gasteiger partial charge in [-0.1, -0.05) is 0 Å². The van der Waals surface area contributed by atoms with Crippen molar-refractivity contribution in [2.45, 2.75) is 25.9 Å². The summed E-state index contributed by atoms with van der Waals surface area (Å²) in [5, 5.41) is 9.96. The fourth-order valence-corrected chi connectivity index (χ4v) is 3.30. The highest BCUT2D eigenvalue weighted by atomic mass is 16.5. The first-order chi connectivity index (χ1) is 8.79. The van der Waals surface area contributed by atoms with E-state index in [1.807, 2.05) is 25.3 Å². The summed E-state index contributed by atoms with van der Waals surface area (Å²) in [7, 11) is 0. The summed E-state index contributed by atoms with van der Waals surface area (Å²) in [6.45, 7) is 4.54. The van der Waals surface area contributed by atoms with E-state index in [9.17, 15) is 5.11 Å². The van der Waals surface area contributed by atoms with Crippen LogP contribution in [0.15, 0.2) is 18.3 Å². The maximum absolute atomic E-state index is 9.96. The molecule has 0 amide bonds. The Hall–Kier alpha value is -1.29. The molecule has 1 N–H and O–H groups in total. The molecule has 98 valence electrons. The number of aromatic nitrogens is 1. The molecule has 4 heteroatoms. The number of nitrogens with zero attached hydrogens (tertiary/aromatic N) is 2. The molecule has 2 fully saturated rings. The topological polar surface area (TPSA) is 45.6 Å². The van der Waals surface area contributed by atoms with Crippen LogP contribution < -0.4 is 9.64 Å². The van der Waals surface area contributed by atoms with E-state index in [1.54, 1.807) is 0 Å². The van der Waals surface area contributed by atoms with Gasteiger partial charge in [-0.3, -0.25) is 0 Å². The average Bonchev–Trinajstić information content (AvgIpc) is 2.93. The molecule has 3 atom stereocenters. The maximum atomic E-state index is 9.96. The fourth-order valence-electron chi connectivity index (χ4n) is 3.30. The molecule has 1 aliphatic heterocycles. The second kappa shape index (κ2) is 4.76. The van der Waals surface area contributed by atoms with Gasteiger partial charge >= 0.3 is 0 Å². The Kier molecular flexibility index (Phi) is 3.12. The van der Waals surface area contributed by atoms with Crippen molar-refractivity contribution in [2.75, 3.05) is 24.6 Å². The Morgan fingerprint density at radius 3 is 3.11 bits per heavy atom.